The molecular formula is C12H14ClNO. The molecule has 1 unspecified atom stereocenters. The van der Waals surface area contributed by atoms with Crippen molar-refractivity contribution in [3.05, 3.63) is 29.8 Å². The zero-order valence-electron chi connectivity index (χ0n) is 9.12. The van der Waals surface area contributed by atoms with Crippen molar-refractivity contribution in [2.45, 2.75) is 32.1 Å². The van der Waals surface area contributed by atoms with E-state index in [1.165, 1.54) is 5.56 Å². The van der Waals surface area contributed by atoms with E-state index in [-0.39, 0.29) is 5.38 Å². The summed E-state index contributed by atoms with van der Waals surface area (Å²) >= 11 is 6.01. The van der Waals surface area contributed by atoms with Gasteiger partial charge in [0.2, 0.25) is 0 Å². The number of hydrogen-bond donors (Lipinski definition) is 0. The number of halogens is 1. The first-order valence-corrected chi connectivity index (χ1v) is 5.54. The molecule has 0 saturated heterocycles. The van der Waals surface area contributed by atoms with Gasteiger partial charge in [0, 0.05) is 10.9 Å². The molecule has 0 radical (unpaired) electrons. The number of furan rings is 1. The highest BCUT2D eigenvalue weighted by Gasteiger charge is 2.12. The second-order valence-corrected chi connectivity index (χ2v) is 4.72. The number of fused-ring (bicyclic) bond motifs is 1. The van der Waals surface area contributed by atoms with Gasteiger partial charge in [-0.3, -0.25) is 4.98 Å². The average molecular weight is 224 g/mol. The van der Waals surface area contributed by atoms with Gasteiger partial charge in [0.25, 0.3) is 0 Å². The van der Waals surface area contributed by atoms with E-state index in [2.05, 4.69) is 18.8 Å². The Morgan fingerprint density at radius 3 is 2.67 bits per heavy atom. The van der Waals surface area contributed by atoms with E-state index in [1.807, 2.05) is 13.0 Å². The van der Waals surface area contributed by atoms with Crippen LogP contribution in [0.2, 0.25) is 0 Å². The van der Waals surface area contributed by atoms with E-state index < -0.39 is 0 Å². The van der Waals surface area contributed by atoms with Crippen LogP contribution >= 0.6 is 11.6 Å². The van der Waals surface area contributed by atoms with E-state index >= 15 is 0 Å². The number of hydrogen-bond acceptors (Lipinski definition) is 2. The standard InChI is InChI=1S/C12H14ClNO/c1-7(2)10-6-15-12-5-14-11(8(3)13)4-9(10)12/h4-8H,1-3H3. The molecule has 0 saturated carbocycles. The summed E-state index contributed by atoms with van der Waals surface area (Å²) in [6.45, 7) is 6.22. The summed E-state index contributed by atoms with van der Waals surface area (Å²) < 4.78 is 5.44. The first-order chi connectivity index (χ1) is 7.09. The minimum Gasteiger partial charge on any atom is -0.462 e. The number of rotatable bonds is 2. The summed E-state index contributed by atoms with van der Waals surface area (Å²) in [4.78, 5) is 4.25. The number of nitrogens with zero attached hydrogens (tertiary/aromatic N) is 1. The van der Waals surface area contributed by atoms with E-state index in [0.29, 0.717) is 5.92 Å². The molecule has 15 heavy (non-hydrogen) atoms. The predicted octanol–water partition coefficient (Wildman–Crippen LogP) is 4.25. The van der Waals surface area contributed by atoms with E-state index in [9.17, 15) is 0 Å². The minimum absolute atomic E-state index is 0.0655. The summed E-state index contributed by atoms with van der Waals surface area (Å²) in [5, 5.41) is 1.06. The van der Waals surface area contributed by atoms with Gasteiger partial charge in [-0.1, -0.05) is 13.8 Å². The molecule has 0 spiro atoms. The van der Waals surface area contributed by atoms with Gasteiger partial charge in [-0.2, -0.15) is 0 Å². The monoisotopic (exact) mass is 223 g/mol. The third-order valence-electron chi connectivity index (χ3n) is 2.54. The van der Waals surface area contributed by atoms with Crippen molar-refractivity contribution in [2.75, 3.05) is 0 Å². The van der Waals surface area contributed by atoms with Crippen LogP contribution in [-0.2, 0) is 0 Å². The third-order valence-corrected chi connectivity index (χ3v) is 2.77. The first-order valence-electron chi connectivity index (χ1n) is 5.10. The van der Waals surface area contributed by atoms with Gasteiger partial charge in [-0.15, -0.1) is 11.6 Å². The van der Waals surface area contributed by atoms with Gasteiger partial charge in [0.1, 0.15) is 0 Å². The maximum absolute atomic E-state index is 6.01. The SMILES string of the molecule is CC(C)c1coc2cnc(C(C)Cl)cc12. The Labute approximate surface area is 94.3 Å². The summed E-state index contributed by atoms with van der Waals surface area (Å²) in [6.07, 6.45) is 3.55. The van der Waals surface area contributed by atoms with Crippen molar-refractivity contribution in [3.8, 4) is 0 Å². The smallest absolute Gasteiger partial charge is 0.152 e. The lowest BCUT2D eigenvalue weighted by atomic mass is 10.0. The summed E-state index contributed by atoms with van der Waals surface area (Å²) in [6, 6.07) is 2.02. The lowest BCUT2D eigenvalue weighted by molar-refractivity contribution is 0.605. The summed E-state index contributed by atoms with van der Waals surface area (Å²) in [5.41, 5.74) is 2.94. The largest absolute Gasteiger partial charge is 0.462 e. The van der Waals surface area contributed by atoms with Crippen LogP contribution in [0.15, 0.2) is 22.9 Å². The molecule has 2 nitrogen and oxygen atoms in total. The molecular weight excluding hydrogens is 210 g/mol. The van der Waals surface area contributed by atoms with Crippen molar-refractivity contribution in [2.24, 2.45) is 0 Å². The third kappa shape index (κ3) is 1.86. The zero-order chi connectivity index (χ0) is 11.0. The van der Waals surface area contributed by atoms with Crippen molar-refractivity contribution >= 4 is 22.6 Å². The predicted molar refractivity (Wildman–Crippen MR) is 62.4 cm³/mol. The van der Waals surface area contributed by atoms with Gasteiger partial charge >= 0.3 is 0 Å². The van der Waals surface area contributed by atoms with Crippen LogP contribution in [0.3, 0.4) is 0 Å². The molecule has 0 fully saturated rings. The fourth-order valence-corrected chi connectivity index (χ4v) is 1.75. The second-order valence-electron chi connectivity index (χ2n) is 4.07. The van der Waals surface area contributed by atoms with Crippen LogP contribution in [0.4, 0.5) is 0 Å². The molecule has 2 aromatic heterocycles. The Balaban J connectivity index is 2.61. The van der Waals surface area contributed by atoms with Gasteiger partial charge in [-0.25, -0.2) is 0 Å². The lowest BCUT2D eigenvalue weighted by Crippen LogP contribution is -1.90. The van der Waals surface area contributed by atoms with Gasteiger partial charge < -0.3 is 4.42 Å². The number of alkyl halides is 1. The van der Waals surface area contributed by atoms with E-state index in [0.717, 1.165) is 16.7 Å². The van der Waals surface area contributed by atoms with Crippen LogP contribution in [0.5, 0.6) is 0 Å². The van der Waals surface area contributed by atoms with E-state index in [4.69, 9.17) is 16.0 Å². The molecule has 80 valence electrons. The normalized spacial score (nSPS) is 13.7. The van der Waals surface area contributed by atoms with Crippen molar-refractivity contribution < 1.29 is 4.42 Å². The molecule has 0 aromatic carbocycles. The molecule has 0 amide bonds. The molecule has 0 N–H and O–H groups in total. The molecule has 0 aliphatic carbocycles. The molecule has 2 aromatic rings. The zero-order valence-corrected chi connectivity index (χ0v) is 9.88. The topological polar surface area (TPSA) is 26.0 Å². The highest BCUT2D eigenvalue weighted by molar-refractivity contribution is 6.20. The van der Waals surface area contributed by atoms with E-state index in [1.54, 1.807) is 12.5 Å². The van der Waals surface area contributed by atoms with Crippen molar-refractivity contribution in [1.82, 2.24) is 4.98 Å². The van der Waals surface area contributed by atoms with Crippen LogP contribution in [-0.4, -0.2) is 4.98 Å². The van der Waals surface area contributed by atoms with Gasteiger partial charge in [0.05, 0.1) is 23.5 Å². The number of pyridine rings is 1. The van der Waals surface area contributed by atoms with Crippen molar-refractivity contribution in [1.29, 1.82) is 0 Å². The minimum atomic E-state index is -0.0655. The molecule has 3 heteroatoms. The molecule has 0 aliphatic rings. The maximum atomic E-state index is 6.01. The maximum Gasteiger partial charge on any atom is 0.152 e. The number of aromatic nitrogens is 1. The lowest BCUT2D eigenvalue weighted by Gasteiger charge is -2.04. The first kappa shape index (κ1) is 10.5. The van der Waals surface area contributed by atoms with Crippen LogP contribution in [0.25, 0.3) is 11.0 Å². The fourth-order valence-electron chi connectivity index (χ4n) is 1.63. The Hall–Kier alpha value is -1.02. The average Bonchev–Trinajstić information content (AvgIpc) is 2.59. The highest BCUT2D eigenvalue weighted by atomic mass is 35.5. The second kappa shape index (κ2) is 3.86. The van der Waals surface area contributed by atoms with Gasteiger partial charge in [-0.05, 0) is 18.9 Å². The molecule has 1 atom stereocenters. The quantitative estimate of drug-likeness (QED) is 0.712. The van der Waals surface area contributed by atoms with Crippen LogP contribution in [0.1, 0.15) is 43.3 Å². The Morgan fingerprint density at radius 1 is 1.33 bits per heavy atom. The van der Waals surface area contributed by atoms with Crippen molar-refractivity contribution in [3.63, 3.8) is 0 Å². The Bertz CT molecular complexity index is 473. The molecule has 0 bridgehead atoms. The molecule has 2 rings (SSSR count). The molecule has 0 aliphatic heterocycles. The van der Waals surface area contributed by atoms with Crippen LogP contribution in [0, 0.1) is 0 Å². The summed E-state index contributed by atoms with van der Waals surface area (Å²) in [5.74, 6) is 0.451. The summed E-state index contributed by atoms with van der Waals surface area (Å²) in [7, 11) is 0. The molecule has 2 heterocycles. The Kier molecular flexibility index (Phi) is 2.70. The highest BCUT2D eigenvalue weighted by Crippen LogP contribution is 2.29. The fraction of sp³-hybridized carbons (Fsp3) is 0.417. The Morgan fingerprint density at radius 2 is 2.07 bits per heavy atom. The van der Waals surface area contributed by atoms with Crippen LogP contribution < -0.4 is 0 Å². The van der Waals surface area contributed by atoms with Gasteiger partial charge in [0.15, 0.2) is 5.58 Å².